The highest BCUT2D eigenvalue weighted by atomic mass is 35.5. The third kappa shape index (κ3) is 9.21. The van der Waals surface area contributed by atoms with Gasteiger partial charge in [0, 0.05) is 42.0 Å². The van der Waals surface area contributed by atoms with Gasteiger partial charge in [-0.25, -0.2) is 8.42 Å². The van der Waals surface area contributed by atoms with Gasteiger partial charge in [0.05, 0.1) is 11.9 Å². The predicted octanol–water partition coefficient (Wildman–Crippen LogP) is 6.55. The molecule has 0 saturated heterocycles. The summed E-state index contributed by atoms with van der Waals surface area (Å²) < 4.78 is 26.8. The number of carbonyl (C=O) groups is 2. The van der Waals surface area contributed by atoms with Crippen molar-refractivity contribution in [3.63, 3.8) is 0 Å². The van der Waals surface area contributed by atoms with Gasteiger partial charge in [-0.2, -0.15) is 0 Å². The second-order valence-electron chi connectivity index (χ2n) is 11.2. The number of halogens is 2. The largest absolute Gasteiger partial charge is 0.352 e. The number of hydrogen-bond acceptors (Lipinski definition) is 4. The Morgan fingerprint density at radius 2 is 1.63 bits per heavy atom. The van der Waals surface area contributed by atoms with Crippen LogP contribution in [0, 0.1) is 6.92 Å². The smallest absolute Gasteiger partial charge is 0.243 e. The molecular formula is C33H39Cl2N3O4S. The second kappa shape index (κ2) is 15.1. The lowest BCUT2D eigenvalue weighted by Gasteiger charge is -2.33. The van der Waals surface area contributed by atoms with Crippen molar-refractivity contribution in [1.29, 1.82) is 0 Å². The number of amides is 2. The molecule has 3 aromatic rings. The van der Waals surface area contributed by atoms with Crippen LogP contribution < -0.4 is 9.62 Å². The number of sulfonamides is 1. The maximum Gasteiger partial charge on any atom is 0.243 e. The average molecular weight is 645 g/mol. The molecule has 7 nitrogen and oxygen atoms in total. The van der Waals surface area contributed by atoms with Crippen molar-refractivity contribution in [2.45, 2.75) is 70.5 Å². The third-order valence-electron chi connectivity index (χ3n) is 7.87. The summed E-state index contributed by atoms with van der Waals surface area (Å²) in [6, 6.07) is 21.4. The van der Waals surface area contributed by atoms with Crippen molar-refractivity contribution >= 4 is 50.7 Å². The lowest BCUT2D eigenvalue weighted by Crippen LogP contribution is -2.52. The quantitative estimate of drug-likeness (QED) is 0.229. The van der Waals surface area contributed by atoms with Gasteiger partial charge in [0.25, 0.3) is 0 Å². The topological polar surface area (TPSA) is 86.8 Å². The van der Waals surface area contributed by atoms with Crippen LogP contribution in [0.4, 0.5) is 5.69 Å². The molecule has 43 heavy (non-hydrogen) atoms. The molecule has 1 aliphatic carbocycles. The second-order valence-corrected chi connectivity index (χ2v) is 13.9. The van der Waals surface area contributed by atoms with E-state index in [1.807, 2.05) is 42.5 Å². The first kappa shape index (κ1) is 32.8. The Kier molecular flexibility index (Phi) is 11.5. The highest BCUT2D eigenvalue weighted by Gasteiger charge is 2.32. The first-order valence-corrected chi connectivity index (χ1v) is 17.2. The molecule has 0 bridgehead atoms. The Balaban J connectivity index is 1.60. The minimum absolute atomic E-state index is 0.0498. The molecule has 3 aromatic carbocycles. The van der Waals surface area contributed by atoms with E-state index in [1.54, 1.807) is 42.2 Å². The molecule has 0 spiro atoms. The van der Waals surface area contributed by atoms with Gasteiger partial charge in [-0.1, -0.05) is 84.6 Å². The average Bonchev–Trinajstić information content (AvgIpc) is 3.47. The minimum atomic E-state index is -3.64. The highest BCUT2D eigenvalue weighted by molar-refractivity contribution is 7.92. The Morgan fingerprint density at radius 1 is 0.953 bits per heavy atom. The molecule has 0 radical (unpaired) electrons. The van der Waals surface area contributed by atoms with Gasteiger partial charge < -0.3 is 10.2 Å². The van der Waals surface area contributed by atoms with E-state index in [2.05, 4.69) is 5.32 Å². The zero-order valence-electron chi connectivity index (χ0n) is 24.6. The molecule has 0 unspecified atom stereocenters. The van der Waals surface area contributed by atoms with E-state index in [1.165, 1.54) is 4.31 Å². The molecule has 0 aromatic heterocycles. The molecular weight excluding hydrogens is 605 g/mol. The monoisotopic (exact) mass is 643 g/mol. The number of nitrogens with zero attached hydrogens (tertiary/aromatic N) is 2. The standard InChI is InChI=1S/C33H39Cl2N3O4S/c1-24-29(35)17-9-18-30(24)38(43(2,41)42)20-10-19-32(39)37(23-26-13-8-14-27(34)21-26)31(22-25-11-4-3-5-12-25)33(40)36-28-15-6-7-16-28/h3-5,8-9,11-14,17-18,21,28,31H,6-7,10,15-16,19-20,22-23H2,1-2H3,(H,36,40)/t31-/m0/s1. The number of benzene rings is 3. The summed E-state index contributed by atoms with van der Waals surface area (Å²) in [5.74, 6) is -0.419. The van der Waals surface area contributed by atoms with E-state index in [0.29, 0.717) is 27.7 Å². The third-order valence-corrected chi connectivity index (χ3v) is 9.70. The van der Waals surface area contributed by atoms with Crippen LogP contribution in [0.5, 0.6) is 0 Å². The van der Waals surface area contributed by atoms with Crippen LogP contribution in [0.3, 0.4) is 0 Å². The highest BCUT2D eigenvalue weighted by Crippen LogP contribution is 2.29. The molecule has 0 heterocycles. The van der Waals surface area contributed by atoms with Gasteiger partial charge >= 0.3 is 0 Å². The predicted molar refractivity (Wildman–Crippen MR) is 174 cm³/mol. The molecule has 1 aliphatic rings. The lowest BCUT2D eigenvalue weighted by molar-refractivity contribution is -0.141. The van der Waals surface area contributed by atoms with Crippen molar-refractivity contribution in [1.82, 2.24) is 10.2 Å². The van der Waals surface area contributed by atoms with Crippen molar-refractivity contribution < 1.29 is 18.0 Å². The fraction of sp³-hybridized carbons (Fsp3) is 0.394. The molecule has 1 fully saturated rings. The first-order chi connectivity index (χ1) is 20.5. The van der Waals surface area contributed by atoms with E-state index in [-0.39, 0.29) is 43.8 Å². The van der Waals surface area contributed by atoms with E-state index < -0.39 is 16.1 Å². The van der Waals surface area contributed by atoms with Crippen LogP contribution in [-0.2, 0) is 32.6 Å². The van der Waals surface area contributed by atoms with Gasteiger partial charge in [-0.05, 0) is 67.1 Å². The summed E-state index contributed by atoms with van der Waals surface area (Å²) in [5, 5.41) is 4.21. The van der Waals surface area contributed by atoms with Crippen LogP contribution >= 0.6 is 23.2 Å². The lowest BCUT2D eigenvalue weighted by atomic mass is 10.0. The number of anilines is 1. The van der Waals surface area contributed by atoms with Crippen LogP contribution in [0.2, 0.25) is 10.0 Å². The fourth-order valence-corrected chi connectivity index (χ4v) is 7.00. The van der Waals surface area contributed by atoms with Crippen LogP contribution in [0.1, 0.15) is 55.2 Å². The molecule has 1 N–H and O–H groups in total. The van der Waals surface area contributed by atoms with Crippen molar-refractivity contribution in [3.05, 3.63) is 99.5 Å². The number of carbonyl (C=O) groups excluding carboxylic acids is 2. The first-order valence-electron chi connectivity index (χ1n) is 14.6. The molecule has 1 saturated carbocycles. The molecule has 1 atom stereocenters. The molecule has 2 amide bonds. The zero-order chi connectivity index (χ0) is 31.0. The Hall–Kier alpha value is -3.07. The fourth-order valence-electron chi connectivity index (χ4n) is 5.60. The maximum absolute atomic E-state index is 14.0. The molecule has 0 aliphatic heterocycles. The van der Waals surface area contributed by atoms with Crippen LogP contribution in [-0.4, -0.2) is 50.0 Å². The number of rotatable bonds is 13. The van der Waals surface area contributed by atoms with Gasteiger partial charge in [0.2, 0.25) is 21.8 Å². The van der Waals surface area contributed by atoms with E-state index in [9.17, 15) is 18.0 Å². The van der Waals surface area contributed by atoms with E-state index in [4.69, 9.17) is 23.2 Å². The zero-order valence-corrected chi connectivity index (χ0v) is 27.0. The van der Waals surface area contributed by atoms with Gasteiger partial charge in [-0.3, -0.25) is 13.9 Å². The summed E-state index contributed by atoms with van der Waals surface area (Å²) in [6.45, 7) is 2.05. The Labute approximate surface area is 265 Å². The summed E-state index contributed by atoms with van der Waals surface area (Å²) in [6.07, 6.45) is 5.80. The summed E-state index contributed by atoms with van der Waals surface area (Å²) >= 11 is 12.6. The maximum atomic E-state index is 14.0. The number of hydrogen-bond donors (Lipinski definition) is 1. The summed E-state index contributed by atoms with van der Waals surface area (Å²) in [5.41, 5.74) is 2.88. The summed E-state index contributed by atoms with van der Waals surface area (Å²) in [4.78, 5) is 29.5. The number of nitrogens with one attached hydrogen (secondary N) is 1. The molecule has 10 heteroatoms. The van der Waals surface area contributed by atoms with Crippen LogP contribution in [0.15, 0.2) is 72.8 Å². The Bertz CT molecular complexity index is 1510. The molecule has 4 rings (SSSR count). The normalized spacial score (nSPS) is 14.3. The van der Waals surface area contributed by atoms with Gasteiger partial charge in [0.15, 0.2) is 0 Å². The SMILES string of the molecule is Cc1c(Cl)cccc1N(CCCC(=O)N(Cc1cccc(Cl)c1)[C@@H](Cc1ccccc1)C(=O)NC1CCCC1)S(C)(=O)=O. The van der Waals surface area contributed by atoms with Gasteiger partial charge in [-0.15, -0.1) is 0 Å². The van der Waals surface area contributed by atoms with Crippen molar-refractivity contribution in [3.8, 4) is 0 Å². The van der Waals surface area contributed by atoms with Crippen molar-refractivity contribution in [2.24, 2.45) is 0 Å². The van der Waals surface area contributed by atoms with Crippen molar-refractivity contribution in [2.75, 3.05) is 17.1 Å². The van der Waals surface area contributed by atoms with Gasteiger partial charge in [0.1, 0.15) is 6.04 Å². The molecule has 230 valence electrons. The van der Waals surface area contributed by atoms with E-state index >= 15 is 0 Å². The van der Waals surface area contributed by atoms with E-state index in [0.717, 1.165) is 43.1 Å². The Morgan fingerprint density at radius 3 is 2.30 bits per heavy atom. The van der Waals surface area contributed by atoms with Crippen LogP contribution in [0.25, 0.3) is 0 Å². The summed E-state index contributed by atoms with van der Waals surface area (Å²) in [7, 11) is -3.64. The minimum Gasteiger partial charge on any atom is -0.352 e.